The first-order valence-corrected chi connectivity index (χ1v) is 9.49. The van der Waals surface area contributed by atoms with Gasteiger partial charge in [0.05, 0.1) is 18.4 Å². The lowest BCUT2D eigenvalue weighted by Crippen LogP contribution is -2.13. The number of methoxy groups -OCH3 is 1. The van der Waals surface area contributed by atoms with Gasteiger partial charge in [0.1, 0.15) is 10.8 Å². The summed E-state index contributed by atoms with van der Waals surface area (Å²) in [6.07, 6.45) is 0. The second kappa shape index (κ2) is 8.33. The fourth-order valence-electron chi connectivity index (χ4n) is 2.05. The number of hydrogen-bond acceptors (Lipinski definition) is 6. The first-order valence-electron chi connectivity index (χ1n) is 7.31. The third-order valence-electron chi connectivity index (χ3n) is 3.20. The highest BCUT2D eigenvalue weighted by Gasteiger charge is 2.15. The van der Waals surface area contributed by atoms with Gasteiger partial charge in [0.15, 0.2) is 0 Å². The zero-order chi connectivity index (χ0) is 17.6. The fraction of sp³-hybridized carbons (Fsp3) is 0.118. The highest BCUT2D eigenvalue weighted by molar-refractivity contribution is 7.98. The van der Waals surface area contributed by atoms with Gasteiger partial charge in [-0.15, -0.1) is 22.0 Å². The first-order chi connectivity index (χ1) is 12.2. The summed E-state index contributed by atoms with van der Waals surface area (Å²) in [5.41, 5.74) is 0.352. The molecule has 0 atom stereocenters. The summed E-state index contributed by atoms with van der Waals surface area (Å²) in [6.45, 7) is 0. The molecule has 0 radical (unpaired) electrons. The fourth-order valence-corrected chi connectivity index (χ4v) is 3.86. The van der Waals surface area contributed by atoms with Crippen LogP contribution in [-0.4, -0.2) is 23.2 Å². The minimum Gasteiger partial charge on any atom is -0.496 e. The lowest BCUT2D eigenvalue weighted by atomic mass is 10.2. The van der Waals surface area contributed by atoms with Crippen LogP contribution < -0.4 is 10.1 Å². The molecule has 0 saturated heterocycles. The van der Waals surface area contributed by atoms with Crippen molar-refractivity contribution in [2.75, 3.05) is 12.4 Å². The van der Waals surface area contributed by atoms with Crippen molar-refractivity contribution in [1.29, 1.82) is 0 Å². The molecule has 0 bridgehead atoms. The molecule has 25 heavy (non-hydrogen) atoms. The van der Waals surface area contributed by atoms with Crippen LogP contribution in [-0.2, 0) is 5.75 Å². The number of ether oxygens (including phenoxy) is 1. The van der Waals surface area contributed by atoms with Crippen LogP contribution >= 0.6 is 34.7 Å². The molecule has 0 saturated carbocycles. The molecule has 1 heterocycles. The second-order valence-corrected chi connectivity index (χ2v) is 7.45. The minimum absolute atomic E-state index is 0.335. The Kier molecular flexibility index (Phi) is 5.91. The van der Waals surface area contributed by atoms with E-state index >= 15 is 0 Å². The molecule has 2 aromatic carbocycles. The van der Waals surface area contributed by atoms with Crippen molar-refractivity contribution in [3.63, 3.8) is 0 Å². The van der Waals surface area contributed by atoms with E-state index in [2.05, 4.69) is 15.5 Å². The highest BCUT2D eigenvalue weighted by Crippen LogP contribution is 2.27. The van der Waals surface area contributed by atoms with Gasteiger partial charge in [-0.3, -0.25) is 10.1 Å². The smallest absolute Gasteiger partial charge is 0.261 e. The minimum atomic E-state index is -0.335. The Labute approximate surface area is 158 Å². The SMILES string of the molecule is COc1ccc(Cl)cc1C(=O)Nc1nnc(CSc2ccccc2)s1. The quantitative estimate of drug-likeness (QED) is 0.614. The number of thioether (sulfide) groups is 1. The summed E-state index contributed by atoms with van der Waals surface area (Å²) < 4.78 is 5.20. The Morgan fingerprint density at radius 2 is 2.04 bits per heavy atom. The molecule has 1 N–H and O–H groups in total. The number of nitrogens with one attached hydrogen (secondary N) is 1. The van der Waals surface area contributed by atoms with Crippen molar-refractivity contribution in [2.24, 2.45) is 0 Å². The van der Waals surface area contributed by atoms with Crippen molar-refractivity contribution in [3.05, 3.63) is 64.1 Å². The topological polar surface area (TPSA) is 64.1 Å². The molecule has 1 amide bonds. The Balaban J connectivity index is 1.65. The molecule has 8 heteroatoms. The van der Waals surface area contributed by atoms with E-state index in [4.69, 9.17) is 16.3 Å². The maximum Gasteiger partial charge on any atom is 0.261 e. The monoisotopic (exact) mass is 391 g/mol. The standard InChI is InChI=1S/C17H14ClN3O2S2/c1-23-14-8-7-11(18)9-13(14)16(22)19-17-21-20-15(25-17)10-24-12-5-3-2-4-6-12/h2-9H,10H2,1H3,(H,19,21,22). The van der Waals surface area contributed by atoms with Gasteiger partial charge in [-0.1, -0.05) is 41.1 Å². The van der Waals surface area contributed by atoms with Gasteiger partial charge in [-0.2, -0.15) is 0 Å². The van der Waals surface area contributed by atoms with Crippen molar-refractivity contribution in [3.8, 4) is 5.75 Å². The van der Waals surface area contributed by atoms with Crippen LogP contribution in [0, 0.1) is 0 Å². The second-order valence-electron chi connectivity index (χ2n) is 4.90. The van der Waals surface area contributed by atoms with E-state index in [1.807, 2.05) is 30.3 Å². The molecule has 1 aromatic heterocycles. The van der Waals surface area contributed by atoms with Gasteiger partial charge < -0.3 is 4.74 Å². The number of amides is 1. The Morgan fingerprint density at radius 3 is 2.80 bits per heavy atom. The third-order valence-corrected chi connectivity index (χ3v) is 5.48. The largest absolute Gasteiger partial charge is 0.496 e. The van der Waals surface area contributed by atoms with Crippen molar-refractivity contribution < 1.29 is 9.53 Å². The summed E-state index contributed by atoms with van der Waals surface area (Å²) >= 11 is 8.97. The van der Waals surface area contributed by atoms with Crippen LogP contribution in [0.2, 0.25) is 5.02 Å². The number of carbonyl (C=O) groups is 1. The van der Waals surface area contributed by atoms with E-state index in [1.165, 1.54) is 18.4 Å². The summed E-state index contributed by atoms with van der Waals surface area (Å²) in [5.74, 6) is 0.807. The predicted molar refractivity (Wildman–Crippen MR) is 102 cm³/mol. The zero-order valence-corrected chi connectivity index (χ0v) is 15.6. The zero-order valence-electron chi connectivity index (χ0n) is 13.2. The molecule has 0 unspecified atom stereocenters. The van der Waals surface area contributed by atoms with Gasteiger partial charge in [0, 0.05) is 9.92 Å². The van der Waals surface area contributed by atoms with Gasteiger partial charge in [-0.25, -0.2) is 0 Å². The van der Waals surface area contributed by atoms with E-state index in [1.54, 1.807) is 30.0 Å². The Morgan fingerprint density at radius 1 is 1.24 bits per heavy atom. The maximum absolute atomic E-state index is 12.4. The number of nitrogens with zero attached hydrogens (tertiary/aromatic N) is 2. The lowest BCUT2D eigenvalue weighted by Gasteiger charge is -2.07. The van der Waals surface area contributed by atoms with Gasteiger partial charge in [0.2, 0.25) is 5.13 Å². The molecule has 3 aromatic rings. The van der Waals surface area contributed by atoms with Gasteiger partial charge in [-0.05, 0) is 30.3 Å². The van der Waals surface area contributed by atoms with E-state index in [-0.39, 0.29) is 5.91 Å². The lowest BCUT2D eigenvalue weighted by molar-refractivity contribution is 0.102. The number of carbonyl (C=O) groups excluding carboxylic acids is 1. The third kappa shape index (κ3) is 4.72. The van der Waals surface area contributed by atoms with Crippen LogP contribution in [0.25, 0.3) is 0 Å². The summed E-state index contributed by atoms with van der Waals surface area (Å²) in [5, 5.41) is 12.6. The molecule has 0 aliphatic heterocycles. The van der Waals surface area contributed by atoms with Crippen LogP contribution in [0.1, 0.15) is 15.4 Å². The van der Waals surface area contributed by atoms with Gasteiger partial charge >= 0.3 is 0 Å². The first kappa shape index (κ1) is 17.7. The summed E-state index contributed by atoms with van der Waals surface area (Å²) in [6, 6.07) is 14.9. The van der Waals surface area contributed by atoms with E-state index in [0.717, 1.165) is 9.90 Å². The van der Waals surface area contributed by atoms with Crippen molar-refractivity contribution in [2.45, 2.75) is 10.6 Å². The molecule has 0 aliphatic carbocycles. The Bertz CT molecular complexity index is 871. The molecule has 0 aliphatic rings. The molecular formula is C17H14ClN3O2S2. The molecule has 128 valence electrons. The molecule has 0 spiro atoms. The maximum atomic E-state index is 12.4. The van der Waals surface area contributed by atoms with Crippen LogP contribution in [0.15, 0.2) is 53.4 Å². The van der Waals surface area contributed by atoms with Crippen LogP contribution in [0.5, 0.6) is 5.75 Å². The normalized spacial score (nSPS) is 10.5. The van der Waals surface area contributed by atoms with E-state index in [9.17, 15) is 4.79 Å². The molecular weight excluding hydrogens is 378 g/mol. The summed E-state index contributed by atoms with van der Waals surface area (Å²) in [4.78, 5) is 13.6. The average Bonchev–Trinajstić information content (AvgIpc) is 3.08. The van der Waals surface area contributed by atoms with Crippen LogP contribution in [0.4, 0.5) is 5.13 Å². The highest BCUT2D eigenvalue weighted by atomic mass is 35.5. The van der Waals surface area contributed by atoms with E-state index < -0.39 is 0 Å². The number of aromatic nitrogens is 2. The molecule has 5 nitrogen and oxygen atoms in total. The van der Waals surface area contributed by atoms with E-state index in [0.29, 0.717) is 27.2 Å². The number of anilines is 1. The number of hydrogen-bond donors (Lipinski definition) is 1. The number of benzene rings is 2. The van der Waals surface area contributed by atoms with Crippen LogP contribution in [0.3, 0.4) is 0 Å². The average molecular weight is 392 g/mol. The van der Waals surface area contributed by atoms with Crippen molar-refractivity contribution >= 4 is 45.7 Å². The predicted octanol–water partition coefficient (Wildman–Crippen LogP) is 4.74. The van der Waals surface area contributed by atoms with Crippen molar-refractivity contribution in [1.82, 2.24) is 10.2 Å². The summed E-state index contributed by atoms with van der Waals surface area (Å²) in [7, 11) is 1.50. The molecule has 0 fully saturated rings. The number of rotatable bonds is 6. The molecule has 3 rings (SSSR count). The number of halogens is 1. The Hall–Kier alpha value is -2.09. The van der Waals surface area contributed by atoms with Gasteiger partial charge in [0.25, 0.3) is 5.91 Å².